The quantitative estimate of drug-likeness (QED) is 0.858. The summed E-state index contributed by atoms with van der Waals surface area (Å²) in [5.41, 5.74) is 0. The summed E-state index contributed by atoms with van der Waals surface area (Å²) in [4.78, 5) is 0.0434. The zero-order valence-corrected chi connectivity index (χ0v) is 12.9. The Hall–Kier alpha value is -0.490. The fraction of sp³-hybridized carbons (Fsp3) is 0.500. The van der Waals surface area contributed by atoms with Gasteiger partial charge in [-0.2, -0.15) is 4.31 Å². The van der Waals surface area contributed by atoms with Gasteiger partial charge in [-0.3, -0.25) is 0 Å². The zero-order valence-electron chi connectivity index (χ0n) is 10.5. The van der Waals surface area contributed by atoms with Crippen LogP contribution in [0.25, 0.3) is 0 Å². The second-order valence-corrected chi connectivity index (χ2v) is 7.10. The van der Waals surface area contributed by atoms with Crippen LogP contribution >= 0.6 is 23.2 Å². The van der Waals surface area contributed by atoms with E-state index in [0.717, 1.165) is 19.3 Å². The van der Waals surface area contributed by atoms with E-state index in [1.807, 2.05) is 0 Å². The SMILES string of the molecule is COc1cc(Cl)c(S(=O)(=O)N2CCCCC2)cc1Cl. The third-order valence-electron chi connectivity index (χ3n) is 3.14. The molecule has 0 aliphatic carbocycles. The predicted molar refractivity (Wildman–Crippen MR) is 75.6 cm³/mol. The molecular weight excluding hydrogens is 309 g/mol. The van der Waals surface area contributed by atoms with Crippen LogP contribution in [-0.4, -0.2) is 32.9 Å². The molecule has 1 heterocycles. The maximum atomic E-state index is 12.5. The van der Waals surface area contributed by atoms with E-state index in [4.69, 9.17) is 27.9 Å². The Labute approximate surface area is 123 Å². The largest absolute Gasteiger partial charge is 0.495 e. The van der Waals surface area contributed by atoms with Crippen LogP contribution in [0.2, 0.25) is 10.0 Å². The van der Waals surface area contributed by atoms with E-state index in [9.17, 15) is 8.42 Å². The van der Waals surface area contributed by atoms with Gasteiger partial charge in [0.15, 0.2) is 0 Å². The third-order valence-corrected chi connectivity index (χ3v) is 5.80. The highest BCUT2D eigenvalue weighted by Crippen LogP contribution is 2.35. The van der Waals surface area contributed by atoms with E-state index in [1.54, 1.807) is 0 Å². The molecule has 0 saturated carbocycles. The van der Waals surface area contributed by atoms with Crippen molar-refractivity contribution in [3.05, 3.63) is 22.2 Å². The standard InChI is InChI=1S/C12H15Cl2NO3S/c1-18-11-7-10(14)12(8-9(11)13)19(16,17)15-5-3-2-4-6-15/h7-8H,2-6H2,1H3. The van der Waals surface area contributed by atoms with E-state index in [-0.39, 0.29) is 14.9 Å². The lowest BCUT2D eigenvalue weighted by Crippen LogP contribution is -2.35. The molecule has 1 aromatic carbocycles. The van der Waals surface area contributed by atoms with Crippen molar-refractivity contribution in [2.75, 3.05) is 20.2 Å². The maximum Gasteiger partial charge on any atom is 0.244 e. The van der Waals surface area contributed by atoms with Gasteiger partial charge in [0.25, 0.3) is 0 Å². The van der Waals surface area contributed by atoms with Crippen LogP contribution in [0.15, 0.2) is 17.0 Å². The van der Waals surface area contributed by atoms with Crippen molar-refractivity contribution < 1.29 is 13.2 Å². The summed E-state index contributed by atoms with van der Waals surface area (Å²) in [5.74, 6) is 0.365. The van der Waals surface area contributed by atoms with E-state index in [0.29, 0.717) is 18.8 Å². The van der Waals surface area contributed by atoms with E-state index in [1.165, 1.54) is 23.5 Å². The van der Waals surface area contributed by atoms with Crippen molar-refractivity contribution in [3.63, 3.8) is 0 Å². The van der Waals surface area contributed by atoms with Crippen LogP contribution < -0.4 is 4.74 Å². The number of benzene rings is 1. The van der Waals surface area contributed by atoms with Gasteiger partial charge in [0.2, 0.25) is 10.0 Å². The summed E-state index contributed by atoms with van der Waals surface area (Å²) in [6.45, 7) is 1.06. The second-order valence-electron chi connectivity index (χ2n) is 4.38. The molecule has 0 atom stereocenters. The Morgan fingerprint density at radius 1 is 1.11 bits per heavy atom. The van der Waals surface area contributed by atoms with Crippen LogP contribution in [0.5, 0.6) is 5.75 Å². The first-order chi connectivity index (χ1) is 8.96. The van der Waals surface area contributed by atoms with Gasteiger partial charge in [0, 0.05) is 19.2 Å². The average molecular weight is 324 g/mol. The molecule has 1 fully saturated rings. The van der Waals surface area contributed by atoms with Gasteiger partial charge < -0.3 is 4.74 Å². The normalized spacial score (nSPS) is 17.4. The van der Waals surface area contributed by atoms with Crippen LogP contribution in [0.1, 0.15) is 19.3 Å². The number of piperidine rings is 1. The summed E-state index contributed by atoms with van der Waals surface area (Å²) < 4.78 is 31.5. The number of hydrogen-bond acceptors (Lipinski definition) is 3. The predicted octanol–water partition coefficient (Wildman–Crippen LogP) is 3.18. The van der Waals surface area contributed by atoms with Crippen molar-refractivity contribution >= 4 is 33.2 Å². The summed E-state index contributed by atoms with van der Waals surface area (Å²) in [6.07, 6.45) is 2.81. The third kappa shape index (κ3) is 2.99. The molecule has 1 aromatic rings. The molecule has 4 nitrogen and oxygen atoms in total. The molecule has 1 aliphatic rings. The average Bonchev–Trinajstić information content (AvgIpc) is 2.41. The monoisotopic (exact) mass is 323 g/mol. The first kappa shape index (κ1) is 14.9. The molecular formula is C12H15Cl2NO3S. The molecule has 0 N–H and O–H groups in total. The van der Waals surface area contributed by atoms with Gasteiger partial charge in [-0.05, 0) is 18.9 Å². The molecule has 1 saturated heterocycles. The van der Waals surface area contributed by atoms with Crippen molar-refractivity contribution in [1.29, 1.82) is 0 Å². The lowest BCUT2D eigenvalue weighted by Gasteiger charge is -2.26. The Balaban J connectivity index is 2.42. The number of rotatable bonds is 3. The molecule has 0 aromatic heterocycles. The topological polar surface area (TPSA) is 46.6 Å². The molecule has 7 heteroatoms. The van der Waals surface area contributed by atoms with Crippen molar-refractivity contribution in [2.45, 2.75) is 24.2 Å². The van der Waals surface area contributed by atoms with Crippen molar-refractivity contribution in [3.8, 4) is 5.75 Å². The lowest BCUT2D eigenvalue weighted by atomic mass is 10.2. The molecule has 0 amide bonds. The second kappa shape index (κ2) is 5.87. The minimum Gasteiger partial charge on any atom is -0.495 e. The van der Waals surface area contributed by atoms with Crippen LogP contribution in [-0.2, 0) is 10.0 Å². The summed E-state index contributed by atoms with van der Waals surface area (Å²) in [7, 11) is -2.12. The minimum atomic E-state index is -3.58. The van der Waals surface area contributed by atoms with E-state index in [2.05, 4.69) is 0 Å². The summed E-state index contributed by atoms with van der Waals surface area (Å²) >= 11 is 12.0. The van der Waals surface area contributed by atoms with Gasteiger partial charge in [-0.1, -0.05) is 29.6 Å². The maximum absolute atomic E-state index is 12.5. The van der Waals surface area contributed by atoms with Crippen LogP contribution in [0, 0.1) is 0 Å². The zero-order chi connectivity index (χ0) is 14.0. The molecule has 2 rings (SSSR count). The Kier molecular flexibility index (Phi) is 4.61. The van der Waals surface area contributed by atoms with Crippen molar-refractivity contribution in [2.24, 2.45) is 0 Å². The highest BCUT2D eigenvalue weighted by Gasteiger charge is 2.28. The summed E-state index contributed by atoms with van der Waals surface area (Å²) in [6, 6.07) is 2.79. The van der Waals surface area contributed by atoms with Crippen LogP contribution in [0.3, 0.4) is 0 Å². The molecule has 0 unspecified atom stereocenters. The number of hydrogen-bond donors (Lipinski definition) is 0. The van der Waals surface area contributed by atoms with Gasteiger partial charge >= 0.3 is 0 Å². The number of nitrogens with zero attached hydrogens (tertiary/aromatic N) is 1. The van der Waals surface area contributed by atoms with Gasteiger partial charge in [0.1, 0.15) is 10.6 Å². The van der Waals surface area contributed by atoms with Gasteiger partial charge in [-0.15, -0.1) is 0 Å². The molecule has 106 valence electrons. The number of sulfonamides is 1. The molecule has 1 aliphatic heterocycles. The number of halogens is 2. The summed E-state index contributed by atoms with van der Waals surface area (Å²) in [5, 5.41) is 0.370. The first-order valence-corrected chi connectivity index (χ1v) is 8.19. The minimum absolute atomic E-state index is 0.0434. The van der Waals surface area contributed by atoms with E-state index >= 15 is 0 Å². The fourth-order valence-corrected chi connectivity index (χ4v) is 4.45. The van der Waals surface area contributed by atoms with Crippen LogP contribution in [0.4, 0.5) is 0 Å². The number of methoxy groups -OCH3 is 1. The van der Waals surface area contributed by atoms with Gasteiger partial charge in [0.05, 0.1) is 17.2 Å². The highest BCUT2D eigenvalue weighted by atomic mass is 35.5. The highest BCUT2D eigenvalue weighted by molar-refractivity contribution is 7.89. The smallest absolute Gasteiger partial charge is 0.244 e. The lowest BCUT2D eigenvalue weighted by molar-refractivity contribution is 0.346. The first-order valence-electron chi connectivity index (χ1n) is 6.00. The molecule has 19 heavy (non-hydrogen) atoms. The fourth-order valence-electron chi connectivity index (χ4n) is 2.11. The Bertz CT molecular complexity index is 569. The Morgan fingerprint density at radius 2 is 1.74 bits per heavy atom. The van der Waals surface area contributed by atoms with Gasteiger partial charge in [-0.25, -0.2) is 8.42 Å². The van der Waals surface area contributed by atoms with Crippen molar-refractivity contribution in [1.82, 2.24) is 4.31 Å². The van der Waals surface area contributed by atoms with E-state index < -0.39 is 10.0 Å². The molecule has 0 spiro atoms. The molecule has 0 bridgehead atoms. The molecule has 0 radical (unpaired) electrons. The Morgan fingerprint density at radius 3 is 2.32 bits per heavy atom. The number of ether oxygens (including phenoxy) is 1.